The van der Waals surface area contributed by atoms with Gasteiger partial charge in [0.15, 0.2) is 11.5 Å². The lowest BCUT2D eigenvalue weighted by atomic mass is 9.96. The molecule has 0 atom stereocenters. The minimum Gasteiger partial charge on any atom is -0.476 e. The molecule has 0 amide bonds. The van der Waals surface area contributed by atoms with E-state index in [1.54, 1.807) is 0 Å². The molecular formula is C21H28FNO2. The van der Waals surface area contributed by atoms with E-state index in [9.17, 15) is 9.18 Å². The number of nitrogens with one attached hydrogen (secondary N) is 1. The van der Waals surface area contributed by atoms with Gasteiger partial charge in [0.1, 0.15) is 0 Å². The first-order valence-corrected chi connectivity index (χ1v) is 9.25. The lowest BCUT2D eigenvalue weighted by Crippen LogP contribution is -1.99. The topological polar surface area (TPSA) is 53.1 Å². The normalized spacial score (nSPS) is 11.0. The summed E-state index contributed by atoms with van der Waals surface area (Å²) in [5.74, 6) is -2.00. The van der Waals surface area contributed by atoms with E-state index >= 15 is 0 Å². The Labute approximate surface area is 149 Å². The minimum atomic E-state index is -1.28. The van der Waals surface area contributed by atoms with E-state index in [-0.39, 0.29) is 5.69 Å². The molecule has 0 aliphatic rings. The number of aromatic carboxylic acids is 1. The van der Waals surface area contributed by atoms with E-state index in [1.165, 1.54) is 50.2 Å². The predicted octanol–water partition coefficient (Wildman–Crippen LogP) is 6.12. The summed E-state index contributed by atoms with van der Waals surface area (Å²) in [6.45, 7) is 4.25. The highest BCUT2D eigenvalue weighted by molar-refractivity contribution is 5.87. The molecular weight excluding hydrogens is 317 g/mol. The first kappa shape index (κ1) is 19.2. The number of aryl methyl sites for hydroxylation is 1. The van der Waals surface area contributed by atoms with Crippen LogP contribution < -0.4 is 0 Å². The highest BCUT2D eigenvalue weighted by atomic mass is 19.1. The number of hydrogen-bond donors (Lipinski definition) is 2. The van der Waals surface area contributed by atoms with E-state index in [4.69, 9.17) is 5.11 Å². The third-order valence-electron chi connectivity index (χ3n) is 4.77. The predicted molar refractivity (Wildman–Crippen MR) is 99.6 cm³/mol. The molecule has 0 radical (unpaired) electrons. The molecule has 3 nitrogen and oxygen atoms in total. The quantitative estimate of drug-likeness (QED) is 0.510. The van der Waals surface area contributed by atoms with Crippen LogP contribution in [0.2, 0.25) is 0 Å². The summed E-state index contributed by atoms with van der Waals surface area (Å²) in [5.41, 5.74) is 3.34. The van der Waals surface area contributed by atoms with Crippen LogP contribution in [0.25, 0.3) is 11.3 Å². The zero-order valence-electron chi connectivity index (χ0n) is 15.2. The molecule has 0 spiro atoms. The fraction of sp³-hybridized carbons (Fsp3) is 0.476. The van der Waals surface area contributed by atoms with E-state index in [2.05, 4.69) is 18.0 Å². The zero-order valence-corrected chi connectivity index (χ0v) is 15.2. The number of hydrogen-bond acceptors (Lipinski definition) is 1. The summed E-state index contributed by atoms with van der Waals surface area (Å²) in [6, 6.07) is 7.23. The lowest BCUT2D eigenvalue weighted by Gasteiger charge is -2.10. The number of H-pyrrole nitrogens is 1. The first-order valence-electron chi connectivity index (χ1n) is 9.25. The molecule has 1 heterocycles. The van der Waals surface area contributed by atoms with Crippen molar-refractivity contribution >= 4 is 5.97 Å². The molecule has 0 saturated heterocycles. The molecule has 1 aromatic heterocycles. The fourth-order valence-electron chi connectivity index (χ4n) is 3.25. The molecule has 136 valence electrons. The van der Waals surface area contributed by atoms with Gasteiger partial charge in [-0.2, -0.15) is 0 Å². The van der Waals surface area contributed by atoms with Crippen LogP contribution in [0.3, 0.4) is 0 Å². The van der Waals surface area contributed by atoms with Crippen LogP contribution in [0.5, 0.6) is 0 Å². The summed E-state index contributed by atoms with van der Waals surface area (Å²) in [6.07, 6.45) is 9.90. The average molecular weight is 345 g/mol. The van der Waals surface area contributed by atoms with Gasteiger partial charge >= 0.3 is 5.97 Å². The minimum absolute atomic E-state index is 0.383. The number of carbonyl (C=O) groups is 1. The lowest BCUT2D eigenvalue weighted by molar-refractivity contribution is 0.0686. The summed E-state index contributed by atoms with van der Waals surface area (Å²) in [7, 11) is 0. The number of rotatable bonds is 10. The molecule has 0 fully saturated rings. The number of aromatic amines is 1. The third-order valence-corrected chi connectivity index (χ3v) is 4.77. The molecule has 0 unspecified atom stereocenters. The Kier molecular flexibility index (Phi) is 7.23. The highest BCUT2D eigenvalue weighted by Gasteiger charge is 2.16. The maximum Gasteiger partial charge on any atom is 0.355 e. The number of benzene rings is 1. The second-order valence-electron chi connectivity index (χ2n) is 6.67. The molecule has 4 heteroatoms. The number of unbranched alkanes of at least 4 members (excludes halogenated alkanes) is 6. The van der Waals surface area contributed by atoms with Gasteiger partial charge in [0.2, 0.25) is 0 Å². The Hall–Kier alpha value is -2.10. The van der Waals surface area contributed by atoms with Crippen molar-refractivity contribution in [3.63, 3.8) is 0 Å². The van der Waals surface area contributed by atoms with Crippen LogP contribution in [0.1, 0.15) is 73.5 Å². The van der Waals surface area contributed by atoms with Crippen LogP contribution in [0.15, 0.2) is 24.3 Å². The Bertz CT molecular complexity index is 706. The summed E-state index contributed by atoms with van der Waals surface area (Å²) >= 11 is 0. The van der Waals surface area contributed by atoms with Crippen LogP contribution in [0, 0.1) is 12.7 Å². The maximum absolute atomic E-state index is 13.7. The van der Waals surface area contributed by atoms with Gasteiger partial charge in [0.05, 0.1) is 0 Å². The zero-order chi connectivity index (χ0) is 18.2. The fourth-order valence-corrected chi connectivity index (χ4v) is 3.25. The largest absolute Gasteiger partial charge is 0.476 e. The monoisotopic (exact) mass is 345 g/mol. The number of aromatic nitrogens is 1. The van der Waals surface area contributed by atoms with Crippen molar-refractivity contribution in [3.8, 4) is 11.3 Å². The van der Waals surface area contributed by atoms with Crippen molar-refractivity contribution in [2.24, 2.45) is 0 Å². The Morgan fingerprint density at radius 1 is 1.12 bits per heavy atom. The average Bonchev–Trinajstić information content (AvgIpc) is 2.97. The second-order valence-corrected chi connectivity index (χ2v) is 6.67. The number of carboxylic acid groups (broad SMARTS) is 1. The first-order chi connectivity index (χ1) is 12.0. The third kappa shape index (κ3) is 5.18. The molecule has 25 heavy (non-hydrogen) atoms. The molecule has 0 bridgehead atoms. The molecule has 1 aromatic carbocycles. The molecule has 0 aliphatic heterocycles. The van der Waals surface area contributed by atoms with Crippen molar-refractivity contribution < 1.29 is 14.3 Å². The molecule has 2 N–H and O–H groups in total. The standard InChI is InChI=1S/C21H28FNO2/c1-3-4-5-6-7-8-9-11-16-12-10-13-17(15(16)2)19-14-18(22)20(23-19)21(24)25/h10,12-14,23H,3-9,11H2,1-2H3,(H,24,25). The van der Waals surface area contributed by atoms with Crippen molar-refractivity contribution in [2.75, 3.05) is 0 Å². The van der Waals surface area contributed by atoms with Crippen LogP contribution in [-0.2, 0) is 6.42 Å². The van der Waals surface area contributed by atoms with E-state index in [1.807, 2.05) is 19.1 Å². The van der Waals surface area contributed by atoms with E-state index < -0.39 is 11.8 Å². The Morgan fingerprint density at radius 3 is 2.44 bits per heavy atom. The smallest absolute Gasteiger partial charge is 0.355 e. The Morgan fingerprint density at radius 2 is 1.80 bits per heavy atom. The van der Waals surface area contributed by atoms with Crippen molar-refractivity contribution in [1.29, 1.82) is 0 Å². The van der Waals surface area contributed by atoms with Crippen molar-refractivity contribution in [2.45, 2.75) is 65.2 Å². The van der Waals surface area contributed by atoms with Gasteiger partial charge in [-0.1, -0.05) is 63.6 Å². The van der Waals surface area contributed by atoms with Crippen LogP contribution >= 0.6 is 0 Å². The SMILES string of the molecule is CCCCCCCCCc1cccc(-c2cc(F)c(C(=O)O)[nH]2)c1C. The second kappa shape index (κ2) is 9.40. The van der Waals surface area contributed by atoms with E-state index in [0.29, 0.717) is 5.69 Å². The molecule has 0 aliphatic carbocycles. The Balaban J connectivity index is 2.00. The maximum atomic E-state index is 13.7. The van der Waals surface area contributed by atoms with Crippen molar-refractivity contribution in [1.82, 2.24) is 4.98 Å². The van der Waals surface area contributed by atoms with Gasteiger partial charge in [0, 0.05) is 17.3 Å². The van der Waals surface area contributed by atoms with Crippen LogP contribution in [-0.4, -0.2) is 16.1 Å². The van der Waals surface area contributed by atoms with Gasteiger partial charge in [-0.3, -0.25) is 0 Å². The number of carboxylic acids is 1. The number of halogens is 1. The highest BCUT2D eigenvalue weighted by Crippen LogP contribution is 2.27. The van der Waals surface area contributed by atoms with Gasteiger partial charge in [-0.15, -0.1) is 0 Å². The van der Waals surface area contributed by atoms with Gasteiger partial charge in [-0.05, 0) is 30.9 Å². The molecule has 2 aromatic rings. The van der Waals surface area contributed by atoms with Crippen LogP contribution in [0.4, 0.5) is 4.39 Å². The summed E-state index contributed by atoms with van der Waals surface area (Å²) in [4.78, 5) is 13.7. The van der Waals surface area contributed by atoms with Crippen molar-refractivity contribution in [3.05, 3.63) is 46.9 Å². The summed E-state index contributed by atoms with van der Waals surface area (Å²) < 4.78 is 13.7. The van der Waals surface area contributed by atoms with Gasteiger partial charge < -0.3 is 10.1 Å². The summed E-state index contributed by atoms with van der Waals surface area (Å²) in [5, 5.41) is 9.00. The van der Waals surface area contributed by atoms with Gasteiger partial charge in [0.25, 0.3) is 0 Å². The van der Waals surface area contributed by atoms with Gasteiger partial charge in [-0.25, -0.2) is 9.18 Å². The molecule has 2 rings (SSSR count). The molecule has 0 saturated carbocycles. The van der Waals surface area contributed by atoms with E-state index in [0.717, 1.165) is 24.0 Å².